The Labute approximate surface area is 149 Å². The van der Waals surface area contributed by atoms with Crippen molar-refractivity contribution in [1.82, 2.24) is 4.57 Å². The Morgan fingerprint density at radius 1 is 0.917 bits per heavy atom. The van der Waals surface area contributed by atoms with Crippen LogP contribution >= 0.6 is 23.2 Å². The van der Waals surface area contributed by atoms with Crippen LogP contribution in [0.1, 0.15) is 22.4 Å². The predicted molar refractivity (Wildman–Crippen MR) is 95.9 cm³/mol. The summed E-state index contributed by atoms with van der Waals surface area (Å²) in [6.07, 6.45) is 0.736. The molecule has 0 saturated heterocycles. The van der Waals surface area contributed by atoms with E-state index in [0.717, 1.165) is 40.2 Å². The molecule has 1 aliphatic rings. The molecule has 0 spiro atoms. The van der Waals surface area contributed by atoms with Crippen molar-refractivity contribution in [3.8, 4) is 16.9 Å². The molecule has 0 unspecified atom stereocenters. The van der Waals surface area contributed by atoms with E-state index >= 15 is 0 Å². The fraction of sp³-hybridized carbons (Fsp3) is 0.158. The molecule has 2 heterocycles. The molecule has 5 heteroatoms. The number of hydrogen-bond donors (Lipinski definition) is 2. The second kappa shape index (κ2) is 5.94. The van der Waals surface area contributed by atoms with Gasteiger partial charge >= 0.3 is 0 Å². The van der Waals surface area contributed by atoms with Crippen molar-refractivity contribution in [2.75, 3.05) is 0 Å². The van der Waals surface area contributed by atoms with Gasteiger partial charge < -0.3 is 14.8 Å². The lowest BCUT2D eigenvalue weighted by Gasteiger charge is -2.12. The Balaban J connectivity index is 2.06. The number of fused-ring (bicyclic) bond motifs is 3. The predicted octanol–water partition coefficient (Wildman–Crippen LogP) is 4.34. The van der Waals surface area contributed by atoms with E-state index in [0.29, 0.717) is 10.0 Å². The van der Waals surface area contributed by atoms with Crippen molar-refractivity contribution in [3.05, 3.63) is 74.9 Å². The van der Waals surface area contributed by atoms with E-state index < -0.39 is 0 Å². The topological polar surface area (TPSA) is 45.4 Å². The fourth-order valence-electron chi connectivity index (χ4n) is 3.54. The van der Waals surface area contributed by atoms with Gasteiger partial charge in [0, 0.05) is 34.5 Å². The minimum atomic E-state index is -0.145. The summed E-state index contributed by atoms with van der Waals surface area (Å²) in [5, 5.41) is 20.8. The molecule has 3 nitrogen and oxygen atoms in total. The van der Waals surface area contributed by atoms with Crippen LogP contribution in [-0.4, -0.2) is 14.8 Å². The summed E-state index contributed by atoms with van der Waals surface area (Å²) in [6.45, 7) is -0.256. The van der Waals surface area contributed by atoms with E-state index in [1.165, 1.54) is 5.56 Å². The minimum absolute atomic E-state index is 0.111. The van der Waals surface area contributed by atoms with Gasteiger partial charge in [-0.2, -0.15) is 0 Å². The number of halogens is 2. The van der Waals surface area contributed by atoms with Crippen LogP contribution in [0.15, 0.2) is 42.5 Å². The number of para-hydroxylation sites is 1. The second-order valence-electron chi connectivity index (χ2n) is 5.84. The summed E-state index contributed by atoms with van der Waals surface area (Å²) >= 11 is 12.2. The van der Waals surface area contributed by atoms with Crippen LogP contribution in [0.3, 0.4) is 0 Å². The SMILES string of the molecule is OCc1c(CO)c(-c2ccc(Cl)c(Cl)c2)n2c1Cc1ccccc1-2. The zero-order valence-corrected chi connectivity index (χ0v) is 14.3. The molecule has 1 aromatic heterocycles. The van der Waals surface area contributed by atoms with Gasteiger partial charge in [0.25, 0.3) is 0 Å². The van der Waals surface area contributed by atoms with Gasteiger partial charge in [-0.3, -0.25) is 0 Å². The maximum absolute atomic E-state index is 9.94. The Morgan fingerprint density at radius 3 is 2.38 bits per heavy atom. The molecule has 0 saturated carbocycles. The number of aliphatic hydroxyl groups is 2. The first-order valence-electron chi connectivity index (χ1n) is 7.66. The van der Waals surface area contributed by atoms with Gasteiger partial charge in [-0.1, -0.05) is 47.5 Å². The summed E-state index contributed by atoms with van der Waals surface area (Å²) in [4.78, 5) is 0. The average molecular weight is 360 g/mol. The molecule has 24 heavy (non-hydrogen) atoms. The summed E-state index contributed by atoms with van der Waals surface area (Å²) < 4.78 is 2.12. The van der Waals surface area contributed by atoms with E-state index in [4.69, 9.17) is 23.2 Å². The van der Waals surface area contributed by atoms with Gasteiger partial charge in [-0.25, -0.2) is 0 Å². The Kier molecular flexibility index (Phi) is 3.89. The average Bonchev–Trinajstić information content (AvgIpc) is 3.10. The van der Waals surface area contributed by atoms with Gasteiger partial charge in [0.1, 0.15) is 0 Å². The van der Waals surface area contributed by atoms with Crippen LogP contribution in [-0.2, 0) is 19.6 Å². The zero-order chi connectivity index (χ0) is 16.8. The fourth-order valence-corrected chi connectivity index (χ4v) is 3.83. The third-order valence-corrected chi connectivity index (χ3v) is 5.33. The normalized spacial score (nSPS) is 12.3. The number of benzene rings is 2. The Morgan fingerprint density at radius 2 is 1.67 bits per heavy atom. The van der Waals surface area contributed by atoms with Crippen LogP contribution in [0.25, 0.3) is 16.9 Å². The lowest BCUT2D eigenvalue weighted by Crippen LogP contribution is -1.97. The highest BCUT2D eigenvalue weighted by atomic mass is 35.5. The van der Waals surface area contributed by atoms with E-state index in [1.807, 2.05) is 18.2 Å². The van der Waals surface area contributed by atoms with Crippen LogP contribution < -0.4 is 0 Å². The van der Waals surface area contributed by atoms with Crippen LogP contribution in [0.5, 0.6) is 0 Å². The van der Waals surface area contributed by atoms with Crippen LogP contribution in [0.2, 0.25) is 10.0 Å². The molecule has 0 atom stereocenters. The van der Waals surface area contributed by atoms with Gasteiger partial charge in [0.05, 0.1) is 29.0 Å². The van der Waals surface area contributed by atoms with E-state index in [-0.39, 0.29) is 13.2 Å². The van der Waals surface area contributed by atoms with Crippen molar-refractivity contribution >= 4 is 23.2 Å². The van der Waals surface area contributed by atoms with E-state index in [9.17, 15) is 10.2 Å². The van der Waals surface area contributed by atoms with Crippen molar-refractivity contribution in [2.24, 2.45) is 0 Å². The molecule has 0 bridgehead atoms. The van der Waals surface area contributed by atoms with Gasteiger partial charge in [0.15, 0.2) is 0 Å². The molecule has 2 aromatic carbocycles. The van der Waals surface area contributed by atoms with E-state index in [1.54, 1.807) is 12.1 Å². The zero-order valence-electron chi connectivity index (χ0n) is 12.8. The number of aliphatic hydroxyl groups excluding tert-OH is 2. The molecule has 4 rings (SSSR count). The smallest absolute Gasteiger partial charge is 0.0706 e. The molecule has 0 amide bonds. The summed E-state index contributed by atoms with van der Waals surface area (Å²) in [7, 11) is 0. The number of rotatable bonds is 3. The maximum atomic E-state index is 9.94. The van der Waals surface area contributed by atoms with Crippen molar-refractivity contribution in [2.45, 2.75) is 19.6 Å². The van der Waals surface area contributed by atoms with Crippen molar-refractivity contribution in [1.29, 1.82) is 0 Å². The summed E-state index contributed by atoms with van der Waals surface area (Å²) in [5.41, 5.74) is 6.54. The Hall–Kier alpha value is -1.78. The van der Waals surface area contributed by atoms with Gasteiger partial charge in [-0.05, 0) is 23.8 Å². The highest BCUT2D eigenvalue weighted by molar-refractivity contribution is 6.42. The summed E-state index contributed by atoms with van der Waals surface area (Å²) in [5.74, 6) is 0. The van der Waals surface area contributed by atoms with Gasteiger partial charge in [0.2, 0.25) is 0 Å². The molecular formula is C19H15Cl2NO2. The quantitative estimate of drug-likeness (QED) is 0.571. The Bertz CT molecular complexity index is 947. The van der Waals surface area contributed by atoms with E-state index in [2.05, 4.69) is 16.7 Å². The highest BCUT2D eigenvalue weighted by Crippen LogP contribution is 2.42. The monoisotopic (exact) mass is 359 g/mol. The molecule has 0 fully saturated rings. The first-order valence-corrected chi connectivity index (χ1v) is 8.42. The molecule has 122 valence electrons. The lowest BCUT2D eigenvalue weighted by molar-refractivity contribution is 0.260. The first-order chi connectivity index (χ1) is 11.7. The molecule has 2 N–H and O–H groups in total. The van der Waals surface area contributed by atoms with Crippen LogP contribution in [0.4, 0.5) is 0 Å². The largest absolute Gasteiger partial charge is 0.392 e. The molecule has 3 aromatic rings. The third kappa shape index (κ3) is 2.20. The lowest BCUT2D eigenvalue weighted by atomic mass is 10.0. The molecule has 1 aliphatic heterocycles. The van der Waals surface area contributed by atoms with Crippen LogP contribution in [0, 0.1) is 0 Å². The number of aromatic nitrogens is 1. The highest BCUT2D eigenvalue weighted by Gasteiger charge is 2.29. The van der Waals surface area contributed by atoms with Crippen molar-refractivity contribution < 1.29 is 10.2 Å². The number of hydrogen-bond acceptors (Lipinski definition) is 2. The molecule has 0 radical (unpaired) electrons. The first kappa shape index (κ1) is 15.7. The molecular weight excluding hydrogens is 345 g/mol. The minimum Gasteiger partial charge on any atom is -0.392 e. The summed E-state index contributed by atoms with van der Waals surface area (Å²) in [6, 6.07) is 13.6. The number of nitrogens with zero attached hydrogens (tertiary/aromatic N) is 1. The third-order valence-electron chi connectivity index (χ3n) is 4.59. The van der Waals surface area contributed by atoms with Gasteiger partial charge in [-0.15, -0.1) is 0 Å². The standard InChI is InChI=1S/C19H15Cl2NO2/c20-15-6-5-12(7-16(15)21)19-14(10-24)13(9-23)18-8-11-3-1-2-4-17(11)22(18)19/h1-7,23-24H,8-10H2. The van der Waals surface area contributed by atoms with Crippen molar-refractivity contribution in [3.63, 3.8) is 0 Å². The second-order valence-corrected chi connectivity index (χ2v) is 6.65. The molecule has 0 aliphatic carbocycles. The maximum Gasteiger partial charge on any atom is 0.0706 e.